The van der Waals surface area contributed by atoms with E-state index in [4.69, 9.17) is 4.42 Å². The van der Waals surface area contributed by atoms with Gasteiger partial charge in [-0.1, -0.05) is 0 Å². The molecular weight excluding hydrogens is 243 g/mol. The van der Waals surface area contributed by atoms with Crippen LogP contribution in [0.15, 0.2) is 16.5 Å². The van der Waals surface area contributed by atoms with Gasteiger partial charge in [0.05, 0.1) is 5.56 Å². The molecule has 0 unspecified atom stereocenters. The normalized spacial score (nSPS) is 10.8. The molecule has 0 saturated carbocycles. The van der Waals surface area contributed by atoms with Crippen LogP contribution in [0.3, 0.4) is 0 Å². The van der Waals surface area contributed by atoms with Crippen molar-refractivity contribution in [3.63, 3.8) is 0 Å². The number of hydrogen-bond donors (Lipinski definition) is 0. The molecule has 3 heteroatoms. The van der Waals surface area contributed by atoms with E-state index in [2.05, 4.69) is 0 Å². The predicted octanol–water partition coefficient (Wildman–Crippen LogP) is 4.19. The largest absolute Gasteiger partial charge is 0.466 e. The van der Waals surface area contributed by atoms with Crippen LogP contribution in [0.1, 0.15) is 44.1 Å². The molecule has 0 bridgehead atoms. The number of benzene rings is 1. The summed E-state index contributed by atoms with van der Waals surface area (Å²) in [6, 6.07) is 2.77. The SMILES string of the molecule is Cc1cc(F)cc(C)c1C(=O)c1c(C)oc(C)c1C. The number of rotatable bonds is 2. The molecule has 0 aliphatic carbocycles. The molecule has 0 N–H and O–H groups in total. The van der Waals surface area contributed by atoms with E-state index in [-0.39, 0.29) is 11.6 Å². The molecule has 0 aliphatic rings. The number of hydrogen-bond acceptors (Lipinski definition) is 2. The highest BCUT2D eigenvalue weighted by atomic mass is 19.1. The number of carbonyl (C=O) groups excluding carboxylic acids is 1. The van der Waals surface area contributed by atoms with Gasteiger partial charge in [0.1, 0.15) is 17.3 Å². The molecule has 2 rings (SSSR count). The lowest BCUT2D eigenvalue weighted by Gasteiger charge is -2.09. The van der Waals surface area contributed by atoms with Crippen molar-refractivity contribution in [1.82, 2.24) is 0 Å². The van der Waals surface area contributed by atoms with Crippen molar-refractivity contribution < 1.29 is 13.6 Å². The van der Waals surface area contributed by atoms with Crippen LogP contribution in [0.5, 0.6) is 0 Å². The van der Waals surface area contributed by atoms with Crippen LogP contribution in [0, 0.1) is 40.4 Å². The number of furan rings is 1. The summed E-state index contributed by atoms with van der Waals surface area (Å²) in [6.45, 7) is 8.99. The zero-order valence-corrected chi connectivity index (χ0v) is 11.8. The minimum atomic E-state index is -0.316. The molecule has 2 aromatic rings. The van der Waals surface area contributed by atoms with E-state index in [0.29, 0.717) is 28.0 Å². The van der Waals surface area contributed by atoms with E-state index in [9.17, 15) is 9.18 Å². The molecule has 1 heterocycles. The van der Waals surface area contributed by atoms with E-state index in [1.807, 2.05) is 13.8 Å². The Kier molecular flexibility index (Phi) is 3.31. The molecule has 2 nitrogen and oxygen atoms in total. The lowest BCUT2D eigenvalue weighted by Crippen LogP contribution is -2.08. The van der Waals surface area contributed by atoms with Crippen molar-refractivity contribution in [3.8, 4) is 0 Å². The predicted molar refractivity (Wildman–Crippen MR) is 72.2 cm³/mol. The highest BCUT2D eigenvalue weighted by Gasteiger charge is 2.23. The lowest BCUT2D eigenvalue weighted by molar-refractivity contribution is 0.103. The fourth-order valence-corrected chi connectivity index (χ4v) is 2.52. The third-order valence-corrected chi connectivity index (χ3v) is 3.51. The highest BCUT2D eigenvalue weighted by Crippen LogP contribution is 2.26. The van der Waals surface area contributed by atoms with Crippen LogP contribution in [0.25, 0.3) is 0 Å². The highest BCUT2D eigenvalue weighted by molar-refractivity contribution is 6.12. The fourth-order valence-electron chi connectivity index (χ4n) is 2.52. The van der Waals surface area contributed by atoms with E-state index in [1.165, 1.54) is 12.1 Å². The lowest BCUT2D eigenvalue weighted by atomic mass is 9.93. The minimum absolute atomic E-state index is 0.0955. The van der Waals surface area contributed by atoms with Gasteiger partial charge >= 0.3 is 0 Å². The van der Waals surface area contributed by atoms with E-state index in [1.54, 1.807) is 20.8 Å². The molecule has 1 aromatic heterocycles. The second-order valence-electron chi connectivity index (χ2n) is 4.96. The third kappa shape index (κ3) is 2.21. The average Bonchev–Trinajstić information content (AvgIpc) is 2.51. The first-order chi connectivity index (χ1) is 8.82. The average molecular weight is 260 g/mol. The maximum Gasteiger partial charge on any atom is 0.197 e. The standard InChI is InChI=1S/C16H17FO2/c1-8-6-13(17)7-9(2)14(8)16(18)15-10(3)11(4)19-12(15)5/h6-7H,1-5H3. The maximum absolute atomic E-state index is 13.3. The molecule has 100 valence electrons. The summed E-state index contributed by atoms with van der Waals surface area (Å²) in [5.74, 6) is 0.951. The Labute approximate surface area is 112 Å². The first kappa shape index (κ1) is 13.5. The van der Waals surface area contributed by atoms with Crippen LogP contribution in [0.4, 0.5) is 4.39 Å². The number of ketones is 1. The molecule has 19 heavy (non-hydrogen) atoms. The number of carbonyl (C=O) groups is 1. The Morgan fingerprint density at radius 1 is 0.947 bits per heavy atom. The van der Waals surface area contributed by atoms with Gasteiger partial charge in [-0.3, -0.25) is 4.79 Å². The molecule has 0 aliphatic heterocycles. The molecular formula is C16H17FO2. The molecule has 0 atom stereocenters. The summed E-state index contributed by atoms with van der Waals surface area (Å²) >= 11 is 0. The van der Waals surface area contributed by atoms with Gasteiger partial charge in [-0.05, 0) is 57.9 Å². The Balaban J connectivity index is 2.63. The topological polar surface area (TPSA) is 30.2 Å². The monoisotopic (exact) mass is 260 g/mol. The van der Waals surface area contributed by atoms with Gasteiger partial charge in [-0.25, -0.2) is 4.39 Å². The first-order valence-electron chi connectivity index (χ1n) is 6.21. The van der Waals surface area contributed by atoms with Crippen molar-refractivity contribution in [1.29, 1.82) is 0 Å². The number of halogens is 1. The summed E-state index contributed by atoms with van der Waals surface area (Å²) in [7, 11) is 0. The quantitative estimate of drug-likeness (QED) is 0.758. The van der Waals surface area contributed by atoms with Gasteiger partial charge in [-0.15, -0.1) is 0 Å². The van der Waals surface area contributed by atoms with Crippen LogP contribution in [-0.2, 0) is 0 Å². The Morgan fingerprint density at radius 2 is 1.47 bits per heavy atom. The molecule has 0 radical (unpaired) electrons. The Bertz CT molecular complexity index is 643. The Hall–Kier alpha value is -1.90. The van der Waals surface area contributed by atoms with Crippen molar-refractivity contribution in [2.45, 2.75) is 34.6 Å². The van der Waals surface area contributed by atoms with E-state index < -0.39 is 0 Å². The van der Waals surface area contributed by atoms with Crippen molar-refractivity contribution in [2.75, 3.05) is 0 Å². The van der Waals surface area contributed by atoms with Gasteiger partial charge in [0.25, 0.3) is 0 Å². The minimum Gasteiger partial charge on any atom is -0.466 e. The maximum atomic E-state index is 13.3. The fraction of sp³-hybridized carbons (Fsp3) is 0.312. The summed E-state index contributed by atoms with van der Waals surface area (Å²) in [5, 5.41) is 0. The molecule has 0 fully saturated rings. The molecule has 0 spiro atoms. The van der Waals surface area contributed by atoms with Gasteiger partial charge in [-0.2, -0.15) is 0 Å². The Morgan fingerprint density at radius 3 is 1.89 bits per heavy atom. The van der Waals surface area contributed by atoms with Crippen LogP contribution < -0.4 is 0 Å². The van der Waals surface area contributed by atoms with E-state index >= 15 is 0 Å². The van der Waals surface area contributed by atoms with Crippen LogP contribution in [-0.4, -0.2) is 5.78 Å². The zero-order chi connectivity index (χ0) is 14.3. The van der Waals surface area contributed by atoms with Crippen LogP contribution in [0.2, 0.25) is 0 Å². The second-order valence-corrected chi connectivity index (χ2v) is 4.96. The third-order valence-electron chi connectivity index (χ3n) is 3.51. The summed E-state index contributed by atoms with van der Waals surface area (Å²) in [6.07, 6.45) is 0. The number of aryl methyl sites for hydroxylation is 4. The van der Waals surface area contributed by atoms with Crippen LogP contribution >= 0.6 is 0 Å². The van der Waals surface area contributed by atoms with Crippen molar-refractivity contribution in [2.24, 2.45) is 0 Å². The van der Waals surface area contributed by atoms with Gasteiger partial charge in [0, 0.05) is 11.1 Å². The summed E-state index contributed by atoms with van der Waals surface area (Å²) in [4.78, 5) is 12.7. The van der Waals surface area contributed by atoms with Gasteiger partial charge < -0.3 is 4.42 Å². The summed E-state index contributed by atoms with van der Waals surface area (Å²) < 4.78 is 18.8. The second kappa shape index (κ2) is 4.65. The van der Waals surface area contributed by atoms with Crippen molar-refractivity contribution >= 4 is 5.78 Å². The van der Waals surface area contributed by atoms with E-state index in [0.717, 1.165) is 11.3 Å². The smallest absolute Gasteiger partial charge is 0.197 e. The van der Waals surface area contributed by atoms with Gasteiger partial charge in [0.2, 0.25) is 0 Å². The zero-order valence-electron chi connectivity index (χ0n) is 11.8. The molecule has 0 saturated heterocycles. The molecule has 0 amide bonds. The summed E-state index contributed by atoms with van der Waals surface area (Å²) in [5.41, 5.74) is 3.31. The van der Waals surface area contributed by atoms with Gasteiger partial charge in [0.15, 0.2) is 5.78 Å². The van der Waals surface area contributed by atoms with Crippen molar-refractivity contribution in [3.05, 3.63) is 57.3 Å². The molecule has 1 aromatic carbocycles. The first-order valence-corrected chi connectivity index (χ1v) is 6.21.